The van der Waals surface area contributed by atoms with Crippen molar-refractivity contribution in [2.75, 3.05) is 25.1 Å². The summed E-state index contributed by atoms with van der Waals surface area (Å²) in [6, 6.07) is 9.11. The van der Waals surface area contributed by atoms with Crippen molar-refractivity contribution in [3.05, 3.63) is 71.5 Å². The Kier molecular flexibility index (Phi) is 6.99. The van der Waals surface area contributed by atoms with Gasteiger partial charge in [0.1, 0.15) is 7.05 Å². The molecule has 0 saturated heterocycles. The molecule has 0 amide bonds. The Morgan fingerprint density at radius 1 is 0.895 bits per heavy atom. The van der Waals surface area contributed by atoms with Crippen molar-refractivity contribution in [2.24, 2.45) is 0 Å². The van der Waals surface area contributed by atoms with Crippen molar-refractivity contribution >= 4 is 37.3 Å². The molecule has 3 N–H and O–H groups in total. The second-order valence-electron chi connectivity index (χ2n) is 10.6. The highest BCUT2D eigenvalue weighted by Crippen LogP contribution is 2.48. The third-order valence-corrected chi connectivity index (χ3v) is 9.21. The van der Waals surface area contributed by atoms with E-state index in [0.29, 0.717) is 13.0 Å². The van der Waals surface area contributed by atoms with Crippen LogP contribution in [-0.2, 0) is 31.1 Å². The van der Waals surface area contributed by atoms with E-state index >= 15 is 0 Å². The maximum atomic E-state index is 11.8. The van der Waals surface area contributed by atoms with Crippen LogP contribution in [-0.4, -0.2) is 61.5 Å². The van der Waals surface area contributed by atoms with E-state index < -0.39 is 31.1 Å². The van der Waals surface area contributed by atoms with Crippen LogP contribution in [0.3, 0.4) is 0 Å². The van der Waals surface area contributed by atoms with Crippen molar-refractivity contribution in [1.29, 1.82) is 0 Å². The second-order valence-corrected chi connectivity index (χ2v) is 13.5. The van der Waals surface area contributed by atoms with E-state index in [0.717, 1.165) is 33.9 Å². The zero-order valence-corrected chi connectivity index (χ0v) is 23.6. The summed E-state index contributed by atoms with van der Waals surface area (Å²) in [6.07, 6.45) is 6.32. The maximum absolute atomic E-state index is 11.8. The van der Waals surface area contributed by atoms with Crippen LogP contribution in [0, 0.1) is 0 Å². The predicted octanol–water partition coefficient (Wildman–Crippen LogP) is 3.81. The van der Waals surface area contributed by atoms with Gasteiger partial charge < -0.3 is 10.0 Å². The van der Waals surface area contributed by atoms with Crippen molar-refractivity contribution in [3.8, 4) is 0 Å². The first kappa shape index (κ1) is 28.2. The summed E-state index contributed by atoms with van der Waals surface area (Å²) >= 11 is 0. The van der Waals surface area contributed by atoms with Crippen LogP contribution in [0.2, 0.25) is 0 Å². The number of benzene rings is 2. The summed E-state index contributed by atoms with van der Waals surface area (Å²) in [7, 11) is -6.81. The lowest BCUT2D eigenvalue weighted by Crippen LogP contribution is -2.28. The smallest absolute Gasteiger partial charge is 0.294 e. The van der Waals surface area contributed by atoms with Gasteiger partial charge in [-0.3, -0.25) is 9.11 Å². The first-order chi connectivity index (χ1) is 17.5. The maximum Gasteiger partial charge on any atom is 0.294 e. The molecule has 2 aromatic carbocycles. The summed E-state index contributed by atoms with van der Waals surface area (Å²) in [5.41, 5.74) is 3.85. The summed E-state index contributed by atoms with van der Waals surface area (Å²) in [4.78, 5) is 1.72. The molecule has 0 aliphatic carbocycles. The van der Waals surface area contributed by atoms with Gasteiger partial charge in [0.15, 0.2) is 5.71 Å². The fourth-order valence-corrected chi connectivity index (χ4v) is 6.50. The number of hydrogen-bond donors (Lipinski definition) is 3. The van der Waals surface area contributed by atoms with Gasteiger partial charge in [0, 0.05) is 47.7 Å². The van der Waals surface area contributed by atoms with E-state index in [1.807, 2.05) is 62.4 Å². The van der Waals surface area contributed by atoms with Crippen molar-refractivity contribution < 1.29 is 35.6 Å². The number of rotatable bonds is 7. The van der Waals surface area contributed by atoms with Gasteiger partial charge in [-0.2, -0.15) is 21.4 Å². The summed E-state index contributed by atoms with van der Waals surface area (Å²) in [5, 5.41) is 9.47. The zero-order valence-electron chi connectivity index (χ0n) is 22.0. The van der Waals surface area contributed by atoms with E-state index in [1.165, 1.54) is 24.3 Å². The number of anilines is 1. The molecule has 4 rings (SSSR count). The van der Waals surface area contributed by atoms with E-state index in [1.54, 1.807) is 12.1 Å². The fourth-order valence-electron chi connectivity index (χ4n) is 5.49. The number of aliphatic hydroxyl groups excluding tert-OH is 1. The van der Waals surface area contributed by atoms with Gasteiger partial charge in [-0.25, -0.2) is 0 Å². The molecule has 0 unspecified atom stereocenters. The molecule has 0 spiro atoms. The minimum absolute atomic E-state index is 0.000793. The van der Waals surface area contributed by atoms with Crippen LogP contribution >= 0.6 is 0 Å². The van der Waals surface area contributed by atoms with E-state index in [4.69, 9.17) is 0 Å². The fraction of sp³-hybridized carbons (Fsp3) is 0.370. The largest absolute Gasteiger partial charge is 0.396 e. The van der Waals surface area contributed by atoms with Crippen LogP contribution in [0.5, 0.6) is 0 Å². The highest BCUT2D eigenvalue weighted by molar-refractivity contribution is 7.86. The molecule has 2 aliphatic heterocycles. The molecule has 0 aromatic heterocycles. The lowest BCUT2D eigenvalue weighted by Gasteiger charge is -2.26. The molecule has 11 heteroatoms. The second kappa shape index (κ2) is 9.42. The van der Waals surface area contributed by atoms with Crippen LogP contribution < -0.4 is 4.90 Å². The summed E-state index contributed by atoms with van der Waals surface area (Å²) in [6.45, 7) is 8.43. The van der Waals surface area contributed by atoms with Gasteiger partial charge >= 0.3 is 0 Å². The van der Waals surface area contributed by atoms with Gasteiger partial charge in [-0.1, -0.05) is 19.9 Å². The molecule has 2 aromatic rings. The van der Waals surface area contributed by atoms with Crippen molar-refractivity contribution in [1.82, 2.24) is 0 Å². The Bertz CT molecular complexity index is 1620. The highest BCUT2D eigenvalue weighted by atomic mass is 32.2. The Morgan fingerprint density at radius 2 is 1.47 bits per heavy atom. The number of fused-ring (bicyclic) bond motifs is 2. The van der Waals surface area contributed by atoms with Crippen LogP contribution in [0.4, 0.5) is 11.4 Å². The Morgan fingerprint density at radius 3 is 2.05 bits per heavy atom. The first-order valence-corrected chi connectivity index (χ1v) is 15.0. The third kappa shape index (κ3) is 4.73. The van der Waals surface area contributed by atoms with Gasteiger partial charge in [0.05, 0.1) is 15.2 Å². The Labute approximate surface area is 223 Å². The molecule has 0 fully saturated rings. The van der Waals surface area contributed by atoms with Crippen molar-refractivity contribution in [2.45, 2.75) is 54.7 Å². The van der Waals surface area contributed by atoms with E-state index in [9.17, 15) is 31.0 Å². The molecule has 2 aliphatic rings. The number of nitrogens with zero attached hydrogens (tertiary/aromatic N) is 2. The molecular formula is C27H33N2O7S2+. The Hall–Kier alpha value is -2.83. The van der Waals surface area contributed by atoms with Crippen LogP contribution in [0.15, 0.2) is 70.1 Å². The standard InChI is InChI=1S/C27H32N2O7S2/c1-26(2)20-16-18(37(31,32)33)10-12-22(20)28(5)24(26)8-6-9-25-27(3,4)21-17-19(38(34,35)36)11-13-23(21)29(25)14-7-15-30/h6,8-13,16-17,30H,7,14-15H2,1-5H3,(H-,31,32,33,34,35,36)/p+1. The van der Waals surface area contributed by atoms with Gasteiger partial charge in [-0.05, 0) is 62.2 Å². The van der Waals surface area contributed by atoms with Crippen LogP contribution in [0.1, 0.15) is 45.2 Å². The molecular weight excluding hydrogens is 528 g/mol. The lowest BCUT2D eigenvalue weighted by atomic mass is 9.81. The first-order valence-electron chi connectivity index (χ1n) is 12.1. The molecule has 0 bridgehead atoms. The minimum Gasteiger partial charge on any atom is -0.396 e. The average Bonchev–Trinajstić information content (AvgIpc) is 3.15. The predicted molar refractivity (Wildman–Crippen MR) is 146 cm³/mol. The Balaban J connectivity index is 1.76. The number of hydrogen-bond acceptors (Lipinski definition) is 6. The molecule has 2 heterocycles. The monoisotopic (exact) mass is 561 g/mol. The van der Waals surface area contributed by atoms with Crippen LogP contribution in [0.25, 0.3) is 0 Å². The highest BCUT2D eigenvalue weighted by Gasteiger charge is 2.44. The molecule has 0 atom stereocenters. The normalized spacial score (nSPS) is 19.5. The number of aliphatic hydroxyl groups is 1. The summed E-state index contributed by atoms with van der Waals surface area (Å²) in [5.74, 6) is 0. The molecule has 9 nitrogen and oxygen atoms in total. The van der Waals surface area contributed by atoms with E-state index in [2.05, 4.69) is 0 Å². The zero-order chi connectivity index (χ0) is 28.3. The third-order valence-electron chi connectivity index (χ3n) is 7.51. The molecule has 38 heavy (non-hydrogen) atoms. The topological polar surface area (TPSA) is 135 Å². The van der Waals surface area contributed by atoms with Gasteiger partial charge in [0.2, 0.25) is 5.69 Å². The molecule has 0 radical (unpaired) electrons. The quantitative estimate of drug-likeness (QED) is 0.343. The summed E-state index contributed by atoms with van der Waals surface area (Å²) < 4.78 is 68.1. The lowest BCUT2D eigenvalue weighted by molar-refractivity contribution is -0.401. The van der Waals surface area contributed by atoms with Gasteiger partial charge in [-0.15, -0.1) is 0 Å². The molecule has 0 saturated carbocycles. The van der Waals surface area contributed by atoms with Gasteiger partial charge in [0.25, 0.3) is 20.2 Å². The number of allylic oxidation sites excluding steroid dienone is 4. The average molecular weight is 562 g/mol. The van der Waals surface area contributed by atoms with E-state index in [-0.39, 0.29) is 16.4 Å². The molecule has 204 valence electrons. The minimum atomic E-state index is -4.37. The van der Waals surface area contributed by atoms with Crippen molar-refractivity contribution in [3.63, 3.8) is 0 Å². The SMILES string of the molecule is C[N+]1=C(/C=C/C=C2\N(CCCO)c3ccc(S(=O)(=O)O)cc3C2(C)C)C(C)(C)c2cc(S(=O)(=O)O)ccc21.